The number of thiazole rings is 1. The summed E-state index contributed by atoms with van der Waals surface area (Å²) in [5.41, 5.74) is 3.01. The van der Waals surface area contributed by atoms with Gasteiger partial charge in [-0.3, -0.25) is 0 Å². The van der Waals surface area contributed by atoms with Gasteiger partial charge in [0.05, 0.1) is 23.1 Å². The number of rotatable bonds is 8. The quantitative estimate of drug-likeness (QED) is 0.312. The number of alkyl carbamates (subject to hydrolysis) is 1. The van der Waals surface area contributed by atoms with E-state index in [1.165, 1.54) is 0 Å². The number of methoxy groups -OCH3 is 1. The molecule has 1 saturated heterocycles. The second-order valence-corrected chi connectivity index (χ2v) is 11.7. The van der Waals surface area contributed by atoms with E-state index >= 15 is 0 Å². The Kier molecular flexibility index (Phi) is 8.72. The van der Waals surface area contributed by atoms with E-state index in [4.69, 9.17) is 24.3 Å². The smallest absolute Gasteiger partial charge is 0.407 e. The molecule has 10 heteroatoms. The molecule has 0 bridgehead atoms. The van der Waals surface area contributed by atoms with Crippen molar-refractivity contribution in [3.05, 3.63) is 41.2 Å². The standard InChI is InChI=1S/C29H39N5O4S/c1-18(2)38-29(35)32-21-10-8-20(9-11-21)28-30-17-25(39-28)23-13-12-22(16-24(23)36-4)31-26-15-19(3)34(33-26)27-7-5-6-14-37-27/h12-13,15-18,20-21,27H,5-11,14H2,1-4H3,(H,31,33)(H,32,35). The van der Waals surface area contributed by atoms with Gasteiger partial charge in [0.2, 0.25) is 0 Å². The Bertz CT molecular complexity index is 1260. The zero-order valence-electron chi connectivity index (χ0n) is 23.2. The maximum atomic E-state index is 11.9. The Morgan fingerprint density at radius 3 is 2.69 bits per heavy atom. The molecule has 3 aromatic rings. The van der Waals surface area contributed by atoms with Crippen LogP contribution in [-0.4, -0.2) is 46.7 Å². The molecule has 1 aliphatic carbocycles. The summed E-state index contributed by atoms with van der Waals surface area (Å²) in [4.78, 5) is 17.8. The lowest BCUT2D eigenvalue weighted by molar-refractivity contribution is -0.0404. The number of carbonyl (C=O) groups is 1. The lowest BCUT2D eigenvalue weighted by atomic mass is 9.86. The molecule has 0 spiro atoms. The molecule has 2 fully saturated rings. The van der Waals surface area contributed by atoms with E-state index in [2.05, 4.69) is 29.7 Å². The Morgan fingerprint density at radius 1 is 1.15 bits per heavy atom. The monoisotopic (exact) mass is 553 g/mol. The van der Waals surface area contributed by atoms with Gasteiger partial charge in [0.25, 0.3) is 0 Å². The van der Waals surface area contributed by atoms with Crippen molar-refractivity contribution >= 4 is 28.9 Å². The molecule has 1 amide bonds. The number of nitrogens with one attached hydrogen (secondary N) is 2. The van der Waals surface area contributed by atoms with Crippen molar-refractivity contribution in [1.82, 2.24) is 20.1 Å². The average Bonchev–Trinajstić information content (AvgIpc) is 3.56. The Balaban J connectivity index is 1.22. The highest BCUT2D eigenvalue weighted by Gasteiger charge is 2.26. The van der Waals surface area contributed by atoms with E-state index in [1.54, 1.807) is 18.4 Å². The summed E-state index contributed by atoms with van der Waals surface area (Å²) in [6.45, 7) is 6.57. The number of hydrogen-bond acceptors (Lipinski definition) is 8. The van der Waals surface area contributed by atoms with E-state index in [1.807, 2.05) is 36.9 Å². The minimum Gasteiger partial charge on any atom is -0.496 e. The van der Waals surface area contributed by atoms with Crippen molar-refractivity contribution < 1.29 is 19.0 Å². The van der Waals surface area contributed by atoms with Crippen molar-refractivity contribution in [3.63, 3.8) is 0 Å². The van der Waals surface area contributed by atoms with Crippen LogP contribution in [0.5, 0.6) is 5.75 Å². The molecule has 1 aromatic carbocycles. The number of nitrogens with zero attached hydrogens (tertiary/aromatic N) is 3. The van der Waals surface area contributed by atoms with Crippen LogP contribution in [0.4, 0.5) is 16.3 Å². The Morgan fingerprint density at radius 2 is 1.97 bits per heavy atom. The van der Waals surface area contributed by atoms with E-state index in [0.29, 0.717) is 5.92 Å². The van der Waals surface area contributed by atoms with E-state index in [0.717, 1.165) is 89.9 Å². The highest BCUT2D eigenvalue weighted by atomic mass is 32.1. The van der Waals surface area contributed by atoms with Crippen molar-refractivity contribution in [3.8, 4) is 16.2 Å². The van der Waals surface area contributed by atoms with Crippen LogP contribution in [0, 0.1) is 6.92 Å². The van der Waals surface area contributed by atoms with E-state index in [-0.39, 0.29) is 24.5 Å². The van der Waals surface area contributed by atoms with Gasteiger partial charge in [-0.2, -0.15) is 5.10 Å². The third-order valence-electron chi connectivity index (χ3n) is 7.35. The van der Waals surface area contributed by atoms with Gasteiger partial charge in [-0.1, -0.05) is 0 Å². The van der Waals surface area contributed by atoms with Crippen LogP contribution in [0.3, 0.4) is 0 Å². The molecule has 1 unspecified atom stereocenters. The fourth-order valence-corrected chi connectivity index (χ4v) is 6.49. The molecule has 2 aromatic heterocycles. The normalized spacial score (nSPS) is 21.5. The van der Waals surface area contributed by atoms with Crippen LogP contribution in [0.1, 0.15) is 81.6 Å². The number of hydrogen-bond donors (Lipinski definition) is 2. The SMILES string of the molecule is COc1cc(Nc2cc(C)n(C3CCCCO3)n2)ccc1-c1cnc(C2CCC(NC(=O)OC(C)C)CC2)s1. The number of anilines is 2. The molecule has 1 atom stereocenters. The fraction of sp³-hybridized carbons (Fsp3) is 0.552. The zero-order valence-corrected chi connectivity index (χ0v) is 24.1. The molecule has 2 aliphatic rings. The minimum absolute atomic E-state index is 0.0134. The van der Waals surface area contributed by atoms with Gasteiger partial charge >= 0.3 is 6.09 Å². The first-order chi connectivity index (χ1) is 18.9. The molecule has 0 radical (unpaired) electrons. The van der Waals surface area contributed by atoms with E-state index in [9.17, 15) is 4.79 Å². The molecule has 5 rings (SSSR count). The predicted molar refractivity (Wildman–Crippen MR) is 153 cm³/mol. The van der Waals surface area contributed by atoms with Gasteiger partial charge in [-0.15, -0.1) is 11.3 Å². The average molecular weight is 554 g/mol. The van der Waals surface area contributed by atoms with Crippen molar-refractivity contribution in [2.45, 2.75) is 90.0 Å². The summed E-state index contributed by atoms with van der Waals surface area (Å²) >= 11 is 1.72. The van der Waals surface area contributed by atoms with Crippen LogP contribution in [0.25, 0.3) is 10.4 Å². The lowest BCUT2D eigenvalue weighted by Gasteiger charge is -2.28. The minimum atomic E-state index is -0.322. The molecule has 1 aliphatic heterocycles. The summed E-state index contributed by atoms with van der Waals surface area (Å²) in [6, 6.07) is 8.35. The van der Waals surface area contributed by atoms with Gasteiger partial charge in [0.1, 0.15) is 5.75 Å². The number of ether oxygens (including phenoxy) is 3. The van der Waals surface area contributed by atoms with Gasteiger partial charge in [-0.05, 0) is 77.8 Å². The number of aryl methyl sites for hydroxylation is 1. The third-order valence-corrected chi connectivity index (χ3v) is 8.55. The van der Waals surface area contributed by atoms with Crippen molar-refractivity contribution in [1.29, 1.82) is 0 Å². The highest BCUT2D eigenvalue weighted by molar-refractivity contribution is 7.15. The molecule has 1 saturated carbocycles. The molecule has 2 N–H and O–H groups in total. The first-order valence-corrected chi connectivity index (χ1v) is 14.8. The second-order valence-electron chi connectivity index (χ2n) is 10.7. The number of benzene rings is 1. The van der Waals surface area contributed by atoms with Gasteiger partial charge in [-0.25, -0.2) is 14.5 Å². The van der Waals surface area contributed by atoms with Crippen LogP contribution in [-0.2, 0) is 9.47 Å². The van der Waals surface area contributed by atoms with E-state index < -0.39 is 0 Å². The molecular weight excluding hydrogens is 514 g/mol. The summed E-state index contributed by atoms with van der Waals surface area (Å²) in [5.74, 6) is 1.99. The Labute approximate surface area is 234 Å². The zero-order chi connectivity index (χ0) is 27.4. The fourth-order valence-electron chi connectivity index (χ4n) is 5.38. The molecule has 9 nitrogen and oxygen atoms in total. The largest absolute Gasteiger partial charge is 0.496 e. The predicted octanol–water partition coefficient (Wildman–Crippen LogP) is 6.93. The van der Waals surface area contributed by atoms with Crippen molar-refractivity contribution in [2.24, 2.45) is 0 Å². The number of amides is 1. The maximum Gasteiger partial charge on any atom is 0.407 e. The molecule has 39 heavy (non-hydrogen) atoms. The van der Waals surface area contributed by atoms with Crippen LogP contribution < -0.4 is 15.4 Å². The van der Waals surface area contributed by atoms with Crippen LogP contribution >= 0.6 is 11.3 Å². The molecule has 210 valence electrons. The summed E-state index contributed by atoms with van der Waals surface area (Å²) in [7, 11) is 1.70. The third kappa shape index (κ3) is 6.73. The molecular formula is C29H39N5O4S. The van der Waals surface area contributed by atoms with Gasteiger partial charge in [0, 0.05) is 53.8 Å². The van der Waals surface area contributed by atoms with Crippen LogP contribution in [0.15, 0.2) is 30.5 Å². The number of carbonyl (C=O) groups excluding carboxylic acids is 1. The van der Waals surface area contributed by atoms with Gasteiger partial charge in [0.15, 0.2) is 12.0 Å². The Hall–Kier alpha value is -3.11. The summed E-state index contributed by atoms with van der Waals surface area (Å²) in [5, 5.41) is 12.3. The summed E-state index contributed by atoms with van der Waals surface area (Å²) in [6.07, 6.45) is 8.66. The molecule has 3 heterocycles. The first kappa shape index (κ1) is 27.5. The maximum absolute atomic E-state index is 11.9. The second kappa shape index (κ2) is 12.4. The summed E-state index contributed by atoms with van der Waals surface area (Å²) < 4.78 is 18.9. The first-order valence-electron chi connectivity index (χ1n) is 14.0. The topological polar surface area (TPSA) is 99.5 Å². The number of aromatic nitrogens is 3. The lowest BCUT2D eigenvalue weighted by Crippen LogP contribution is -2.38. The highest BCUT2D eigenvalue weighted by Crippen LogP contribution is 2.41. The van der Waals surface area contributed by atoms with Crippen LogP contribution in [0.2, 0.25) is 0 Å². The van der Waals surface area contributed by atoms with Crippen molar-refractivity contribution in [2.75, 3.05) is 19.0 Å². The van der Waals surface area contributed by atoms with Gasteiger partial charge < -0.3 is 24.8 Å².